The van der Waals surface area contributed by atoms with E-state index in [1.807, 2.05) is 0 Å². The number of nitrogens with two attached hydrogens (primary N) is 2. The minimum atomic E-state index is -1.86. The molecule has 0 rings (SSSR count). The molecule has 22 heavy (non-hydrogen) atoms. The molecule has 0 aliphatic carbocycles. The molecule has 0 aliphatic heterocycles. The van der Waals surface area contributed by atoms with Gasteiger partial charge in [0.1, 0.15) is 31.0 Å². The van der Waals surface area contributed by atoms with Crippen LogP contribution in [0, 0.1) is 0 Å². The molecule has 4 atom stereocenters. The van der Waals surface area contributed by atoms with Crippen LogP contribution < -0.4 is 11.5 Å². The van der Waals surface area contributed by atoms with Gasteiger partial charge in [-0.3, -0.25) is 9.59 Å². The standard InChI is InChI=1S/C6H14N2O2.C6H12O6/c7-4-2-1-3-5(8)6(9)10;7-1-3(9)5(11)6(12)4(10)2-8/h5H,1-4,7-8H2,(H,9,10);3,5-9,11-12H,1-2H2. The van der Waals surface area contributed by atoms with E-state index in [1.165, 1.54) is 0 Å². The molecule has 0 aliphatic rings. The molecule has 0 amide bonds. The van der Waals surface area contributed by atoms with Crippen molar-refractivity contribution >= 4 is 11.8 Å². The summed E-state index contributed by atoms with van der Waals surface area (Å²) in [6, 6.07) is -0.716. The average molecular weight is 326 g/mol. The number of aliphatic carboxylic acids is 1. The predicted molar refractivity (Wildman–Crippen MR) is 75.7 cm³/mol. The molecule has 0 heterocycles. The van der Waals surface area contributed by atoms with Crippen LogP contribution in [-0.4, -0.2) is 86.5 Å². The molecular weight excluding hydrogens is 300 g/mol. The molecule has 0 fully saturated rings. The summed E-state index contributed by atoms with van der Waals surface area (Å²) in [4.78, 5) is 20.7. The van der Waals surface area contributed by atoms with Crippen molar-refractivity contribution in [1.82, 2.24) is 0 Å². The number of carbonyl (C=O) groups excluding carboxylic acids is 1. The summed E-state index contributed by atoms with van der Waals surface area (Å²) in [5.41, 5.74) is 10.4. The van der Waals surface area contributed by atoms with Gasteiger partial charge in [0.25, 0.3) is 0 Å². The third kappa shape index (κ3) is 10.6. The van der Waals surface area contributed by atoms with Crippen LogP contribution in [-0.2, 0) is 9.59 Å². The molecule has 10 heteroatoms. The van der Waals surface area contributed by atoms with E-state index in [0.29, 0.717) is 13.0 Å². The number of Topliss-reactive ketones (excluding diaryl/α,β-unsaturated/α-hetero) is 1. The van der Waals surface area contributed by atoms with E-state index >= 15 is 0 Å². The summed E-state index contributed by atoms with van der Waals surface area (Å²) < 4.78 is 0. The molecule has 0 bridgehead atoms. The lowest BCUT2D eigenvalue weighted by atomic mass is 10.1. The highest BCUT2D eigenvalue weighted by Crippen LogP contribution is 2.00. The monoisotopic (exact) mass is 326 g/mol. The number of aliphatic hydroxyl groups excluding tert-OH is 5. The number of hydrogen-bond donors (Lipinski definition) is 8. The van der Waals surface area contributed by atoms with E-state index in [1.54, 1.807) is 0 Å². The van der Waals surface area contributed by atoms with Gasteiger partial charge in [0, 0.05) is 0 Å². The zero-order valence-electron chi connectivity index (χ0n) is 12.2. The highest BCUT2D eigenvalue weighted by molar-refractivity contribution is 5.84. The Bertz CT molecular complexity index is 316. The molecule has 0 radical (unpaired) electrons. The highest BCUT2D eigenvalue weighted by Gasteiger charge is 2.28. The fourth-order valence-electron chi connectivity index (χ4n) is 1.23. The maximum absolute atomic E-state index is 10.5. The zero-order chi connectivity index (χ0) is 17.7. The van der Waals surface area contributed by atoms with E-state index < -0.39 is 49.3 Å². The molecule has 0 saturated heterocycles. The molecule has 0 aromatic carbocycles. The van der Waals surface area contributed by atoms with Crippen molar-refractivity contribution in [3.05, 3.63) is 0 Å². The number of aliphatic hydroxyl groups is 5. The van der Waals surface area contributed by atoms with Crippen LogP contribution in [0.4, 0.5) is 0 Å². The second kappa shape index (κ2) is 13.5. The molecule has 0 saturated carbocycles. The summed E-state index contributed by atoms with van der Waals surface area (Å²) >= 11 is 0. The van der Waals surface area contributed by atoms with Crippen LogP contribution >= 0.6 is 0 Å². The molecule has 4 unspecified atom stereocenters. The molecule has 0 aromatic rings. The van der Waals surface area contributed by atoms with Gasteiger partial charge in [-0.15, -0.1) is 0 Å². The Kier molecular flexibility index (Phi) is 14.2. The van der Waals surface area contributed by atoms with Crippen molar-refractivity contribution in [1.29, 1.82) is 0 Å². The summed E-state index contributed by atoms with van der Waals surface area (Å²) in [6.45, 7) is -1.08. The van der Waals surface area contributed by atoms with Gasteiger partial charge in [-0.05, 0) is 19.4 Å². The van der Waals surface area contributed by atoms with Gasteiger partial charge >= 0.3 is 5.97 Å². The first kappa shape index (κ1) is 23.1. The van der Waals surface area contributed by atoms with Crippen molar-refractivity contribution < 1.29 is 40.2 Å². The maximum atomic E-state index is 10.5. The van der Waals surface area contributed by atoms with Gasteiger partial charge in [-0.2, -0.15) is 0 Å². The van der Waals surface area contributed by atoms with Crippen LogP contribution in [0.15, 0.2) is 0 Å². The number of hydrogen-bond acceptors (Lipinski definition) is 9. The van der Waals surface area contributed by atoms with E-state index in [-0.39, 0.29) is 0 Å². The topological polar surface area (TPSA) is 208 Å². The Morgan fingerprint density at radius 1 is 1.05 bits per heavy atom. The lowest BCUT2D eigenvalue weighted by Gasteiger charge is -2.19. The fraction of sp³-hybridized carbons (Fsp3) is 0.833. The summed E-state index contributed by atoms with van der Waals surface area (Å²) in [5, 5.41) is 51.4. The molecule has 0 aromatic heterocycles. The minimum absolute atomic E-state index is 0.520. The van der Waals surface area contributed by atoms with Gasteiger partial charge in [-0.1, -0.05) is 6.42 Å². The Morgan fingerprint density at radius 3 is 1.95 bits per heavy atom. The number of carboxylic acids is 1. The van der Waals surface area contributed by atoms with E-state index in [9.17, 15) is 9.59 Å². The Balaban J connectivity index is 0. The fourth-order valence-corrected chi connectivity index (χ4v) is 1.23. The van der Waals surface area contributed by atoms with Crippen molar-refractivity contribution in [3.8, 4) is 0 Å². The first-order valence-electron chi connectivity index (χ1n) is 6.69. The number of unbranched alkanes of at least 4 members (excludes halogenated alkanes) is 1. The quantitative estimate of drug-likeness (QED) is 0.183. The van der Waals surface area contributed by atoms with Crippen molar-refractivity contribution in [2.45, 2.75) is 43.6 Å². The van der Waals surface area contributed by atoms with E-state index in [0.717, 1.165) is 12.8 Å². The number of carbonyl (C=O) groups is 2. The summed E-state index contributed by atoms with van der Waals surface area (Å²) in [5.74, 6) is -1.94. The second-order valence-corrected chi connectivity index (χ2v) is 4.54. The van der Waals surface area contributed by atoms with Gasteiger partial charge in [-0.25, -0.2) is 0 Å². The average Bonchev–Trinajstić information content (AvgIpc) is 2.52. The van der Waals surface area contributed by atoms with Gasteiger partial charge < -0.3 is 42.1 Å². The van der Waals surface area contributed by atoms with Gasteiger partial charge in [0.15, 0.2) is 5.78 Å². The Hall–Kier alpha value is -1.14. The largest absolute Gasteiger partial charge is 0.480 e. The Labute approximate surface area is 128 Å². The third-order valence-electron chi connectivity index (χ3n) is 2.68. The molecule has 10 nitrogen and oxygen atoms in total. The van der Waals surface area contributed by atoms with Crippen LogP contribution in [0.5, 0.6) is 0 Å². The zero-order valence-corrected chi connectivity index (χ0v) is 12.2. The minimum Gasteiger partial charge on any atom is -0.480 e. The van der Waals surface area contributed by atoms with Crippen LogP contribution in [0.1, 0.15) is 19.3 Å². The third-order valence-corrected chi connectivity index (χ3v) is 2.68. The maximum Gasteiger partial charge on any atom is 0.320 e. The predicted octanol–water partition coefficient (Wildman–Crippen LogP) is -3.85. The first-order chi connectivity index (χ1) is 10.2. The first-order valence-corrected chi connectivity index (χ1v) is 6.69. The molecule has 132 valence electrons. The van der Waals surface area contributed by atoms with Crippen molar-refractivity contribution in [2.24, 2.45) is 11.5 Å². The summed E-state index contributed by atoms with van der Waals surface area (Å²) in [6.07, 6.45) is -3.06. The van der Waals surface area contributed by atoms with Crippen LogP contribution in [0.3, 0.4) is 0 Å². The lowest BCUT2D eigenvalue weighted by Crippen LogP contribution is -2.44. The van der Waals surface area contributed by atoms with Gasteiger partial charge in [0.05, 0.1) is 6.61 Å². The number of carboxylic acid groups (broad SMARTS) is 1. The molecule has 10 N–H and O–H groups in total. The molecule has 0 spiro atoms. The van der Waals surface area contributed by atoms with Crippen LogP contribution in [0.2, 0.25) is 0 Å². The molecular formula is C12H26N2O8. The smallest absolute Gasteiger partial charge is 0.320 e. The lowest BCUT2D eigenvalue weighted by molar-refractivity contribution is -0.142. The normalized spacial score (nSPS) is 16.0. The SMILES string of the molecule is NCCCCC(N)C(=O)O.O=C(CO)C(O)C(O)C(O)CO. The van der Waals surface area contributed by atoms with Crippen molar-refractivity contribution in [2.75, 3.05) is 19.8 Å². The van der Waals surface area contributed by atoms with Crippen LogP contribution in [0.25, 0.3) is 0 Å². The summed E-state index contributed by atoms with van der Waals surface area (Å²) in [7, 11) is 0. The highest BCUT2D eigenvalue weighted by atomic mass is 16.4. The van der Waals surface area contributed by atoms with Crippen molar-refractivity contribution in [3.63, 3.8) is 0 Å². The number of ketones is 1. The van der Waals surface area contributed by atoms with Gasteiger partial charge in [0.2, 0.25) is 0 Å². The Morgan fingerprint density at radius 2 is 1.59 bits per heavy atom. The second-order valence-electron chi connectivity index (χ2n) is 4.54. The van der Waals surface area contributed by atoms with E-state index in [2.05, 4.69) is 0 Å². The van der Waals surface area contributed by atoms with E-state index in [4.69, 9.17) is 42.1 Å². The number of rotatable bonds is 10.